The van der Waals surface area contributed by atoms with Crippen LogP contribution in [0.4, 0.5) is 4.79 Å². The van der Waals surface area contributed by atoms with Crippen LogP contribution in [-0.2, 0) is 11.2 Å². The molecule has 3 amide bonds. The molecule has 1 spiro atoms. The molecule has 2 saturated heterocycles. The van der Waals surface area contributed by atoms with Gasteiger partial charge < -0.3 is 19.4 Å². The molecule has 2 heterocycles. The van der Waals surface area contributed by atoms with Gasteiger partial charge in [-0.25, -0.2) is 4.79 Å². The highest BCUT2D eigenvalue weighted by atomic mass is 16.5. The fraction of sp³-hybridized carbons (Fsp3) is 0.630. The van der Waals surface area contributed by atoms with Crippen molar-refractivity contribution in [2.45, 2.75) is 57.5 Å². The van der Waals surface area contributed by atoms with E-state index in [2.05, 4.69) is 25.3 Å². The van der Waals surface area contributed by atoms with E-state index in [0.29, 0.717) is 44.9 Å². The largest absolute Gasteiger partial charge is 0.497 e. The summed E-state index contributed by atoms with van der Waals surface area (Å²) in [5.41, 5.74) is 1.62. The van der Waals surface area contributed by atoms with Crippen LogP contribution in [0.2, 0.25) is 0 Å². The first-order valence-electron chi connectivity index (χ1n) is 12.5. The molecule has 0 radical (unpaired) electrons. The van der Waals surface area contributed by atoms with Gasteiger partial charge in [-0.1, -0.05) is 17.7 Å². The van der Waals surface area contributed by atoms with E-state index in [-0.39, 0.29) is 11.9 Å². The van der Waals surface area contributed by atoms with Gasteiger partial charge in [0.2, 0.25) is 0 Å². The molecule has 0 unspecified atom stereocenters. The topological polar surface area (TPSA) is 56.3 Å². The first kappa shape index (κ1) is 26.2. The minimum atomic E-state index is -0.722. The number of rotatable bonds is 11. The SMILES string of the molecule is C=C(C)CC[C@@H](C)N1CCC2(CC1)C(=O)N(CCN(C)C)C(=O)N2CCc1ccc(OC)cc1. The number of amides is 3. The number of hydrogen-bond donors (Lipinski definition) is 0. The van der Waals surface area contributed by atoms with Gasteiger partial charge >= 0.3 is 6.03 Å². The average Bonchev–Trinajstić information content (AvgIpc) is 3.00. The molecule has 1 aromatic carbocycles. The molecule has 2 fully saturated rings. The minimum Gasteiger partial charge on any atom is -0.497 e. The summed E-state index contributed by atoms with van der Waals surface area (Å²) in [4.78, 5) is 35.0. The molecule has 0 bridgehead atoms. The van der Waals surface area contributed by atoms with Crippen molar-refractivity contribution < 1.29 is 14.3 Å². The van der Waals surface area contributed by atoms with Crippen LogP contribution in [0.3, 0.4) is 0 Å². The van der Waals surface area contributed by atoms with E-state index in [1.54, 1.807) is 7.11 Å². The molecule has 2 aliphatic rings. The lowest BCUT2D eigenvalue weighted by Crippen LogP contribution is -2.58. The lowest BCUT2D eigenvalue weighted by atomic mass is 9.84. The maximum atomic E-state index is 13.7. The van der Waals surface area contributed by atoms with Crippen molar-refractivity contribution in [1.82, 2.24) is 19.6 Å². The number of ether oxygens (including phenoxy) is 1. The molecule has 34 heavy (non-hydrogen) atoms. The number of allylic oxidation sites excluding steroid dienone is 1. The third-order valence-electron chi connectivity index (χ3n) is 7.41. The number of carbonyl (C=O) groups excluding carboxylic acids is 2. The number of nitrogens with zero attached hydrogens (tertiary/aromatic N) is 4. The lowest BCUT2D eigenvalue weighted by molar-refractivity contribution is -0.136. The monoisotopic (exact) mass is 470 g/mol. The van der Waals surface area contributed by atoms with Crippen LogP contribution in [0.1, 0.15) is 45.1 Å². The Kier molecular flexibility index (Phi) is 8.77. The zero-order chi connectivity index (χ0) is 24.9. The summed E-state index contributed by atoms with van der Waals surface area (Å²) in [6, 6.07) is 8.25. The minimum absolute atomic E-state index is 0.0108. The average molecular weight is 471 g/mol. The third-order valence-corrected chi connectivity index (χ3v) is 7.41. The number of likely N-dealkylation sites (N-methyl/N-ethyl adjacent to an activating group) is 1. The lowest BCUT2D eigenvalue weighted by Gasteiger charge is -2.44. The Morgan fingerprint density at radius 2 is 1.79 bits per heavy atom. The fourth-order valence-corrected chi connectivity index (χ4v) is 5.08. The van der Waals surface area contributed by atoms with Gasteiger partial charge in [-0.15, -0.1) is 6.58 Å². The molecule has 0 aliphatic carbocycles. The van der Waals surface area contributed by atoms with Crippen LogP contribution in [0.15, 0.2) is 36.4 Å². The molecule has 188 valence electrons. The zero-order valence-corrected chi connectivity index (χ0v) is 21.7. The highest BCUT2D eigenvalue weighted by molar-refractivity contribution is 6.07. The normalized spacial score (nSPS) is 19.4. The Labute approximate surface area is 205 Å². The summed E-state index contributed by atoms with van der Waals surface area (Å²) in [5, 5.41) is 0. The number of methoxy groups -OCH3 is 1. The number of imide groups is 1. The van der Waals surface area contributed by atoms with E-state index in [1.807, 2.05) is 48.2 Å². The van der Waals surface area contributed by atoms with Crippen molar-refractivity contribution >= 4 is 11.9 Å². The Morgan fingerprint density at radius 3 is 2.35 bits per heavy atom. The summed E-state index contributed by atoms with van der Waals surface area (Å²) >= 11 is 0. The number of likely N-dealkylation sites (tertiary alicyclic amines) is 1. The number of hydrogen-bond acceptors (Lipinski definition) is 5. The molecule has 0 saturated carbocycles. The van der Waals surface area contributed by atoms with Gasteiger partial charge in [0, 0.05) is 38.8 Å². The quantitative estimate of drug-likeness (QED) is 0.365. The molecule has 1 atom stereocenters. The van der Waals surface area contributed by atoms with E-state index in [1.165, 1.54) is 10.5 Å². The Bertz CT molecular complexity index is 859. The highest BCUT2D eigenvalue weighted by Crippen LogP contribution is 2.38. The Balaban J connectivity index is 1.74. The third kappa shape index (κ3) is 5.81. The first-order valence-corrected chi connectivity index (χ1v) is 12.5. The van der Waals surface area contributed by atoms with Gasteiger partial charge in [0.15, 0.2) is 0 Å². The van der Waals surface area contributed by atoms with Crippen LogP contribution in [0.25, 0.3) is 0 Å². The molecule has 1 aromatic rings. The van der Waals surface area contributed by atoms with Crippen molar-refractivity contribution in [2.75, 3.05) is 53.9 Å². The first-order chi connectivity index (χ1) is 16.2. The molecule has 2 aliphatic heterocycles. The predicted octanol–water partition coefficient (Wildman–Crippen LogP) is 3.64. The Hall–Kier alpha value is -2.38. The zero-order valence-electron chi connectivity index (χ0n) is 21.7. The maximum absolute atomic E-state index is 13.7. The van der Waals surface area contributed by atoms with Crippen molar-refractivity contribution in [3.05, 3.63) is 42.0 Å². The van der Waals surface area contributed by atoms with Crippen LogP contribution < -0.4 is 4.74 Å². The van der Waals surface area contributed by atoms with E-state index < -0.39 is 5.54 Å². The van der Waals surface area contributed by atoms with E-state index in [4.69, 9.17) is 4.74 Å². The standard InChI is InChI=1S/C27H42N4O3/c1-21(2)7-8-22(3)29-17-14-27(15-18-29)25(32)30(20-19-28(4)5)26(33)31(27)16-13-23-9-11-24(34-6)12-10-23/h9-12,22H,1,7-8,13-20H2,2-6H3/t22-/m1/s1. The van der Waals surface area contributed by atoms with Crippen LogP contribution in [-0.4, -0.2) is 97.0 Å². The summed E-state index contributed by atoms with van der Waals surface area (Å²) in [6.07, 6.45) is 4.19. The summed E-state index contributed by atoms with van der Waals surface area (Å²) in [5.74, 6) is 0.805. The molecular weight excluding hydrogens is 428 g/mol. The molecule has 3 rings (SSSR count). The summed E-state index contributed by atoms with van der Waals surface area (Å²) in [6.45, 7) is 11.7. The molecule has 7 nitrogen and oxygen atoms in total. The van der Waals surface area contributed by atoms with Crippen LogP contribution in [0, 0.1) is 0 Å². The van der Waals surface area contributed by atoms with Gasteiger partial charge in [-0.2, -0.15) is 0 Å². The summed E-state index contributed by atoms with van der Waals surface area (Å²) < 4.78 is 5.26. The second-order valence-corrected chi connectivity index (χ2v) is 10.2. The number of carbonyl (C=O) groups is 2. The van der Waals surface area contributed by atoms with Gasteiger partial charge in [-0.05, 0) is 77.7 Å². The molecule has 0 N–H and O–H groups in total. The van der Waals surface area contributed by atoms with E-state index >= 15 is 0 Å². The smallest absolute Gasteiger partial charge is 0.327 e. The van der Waals surface area contributed by atoms with E-state index in [9.17, 15) is 9.59 Å². The van der Waals surface area contributed by atoms with E-state index in [0.717, 1.165) is 37.2 Å². The molecule has 7 heteroatoms. The second kappa shape index (κ2) is 11.4. The second-order valence-electron chi connectivity index (χ2n) is 10.2. The van der Waals surface area contributed by atoms with Crippen molar-refractivity contribution in [3.8, 4) is 5.75 Å². The number of benzene rings is 1. The van der Waals surface area contributed by atoms with Gasteiger partial charge in [0.05, 0.1) is 7.11 Å². The van der Waals surface area contributed by atoms with Crippen molar-refractivity contribution in [3.63, 3.8) is 0 Å². The summed E-state index contributed by atoms with van der Waals surface area (Å²) in [7, 11) is 5.58. The van der Waals surface area contributed by atoms with Crippen molar-refractivity contribution in [2.24, 2.45) is 0 Å². The van der Waals surface area contributed by atoms with Crippen LogP contribution in [0.5, 0.6) is 5.75 Å². The molecular formula is C27H42N4O3. The predicted molar refractivity (Wildman–Crippen MR) is 136 cm³/mol. The fourth-order valence-electron chi connectivity index (χ4n) is 5.08. The molecule has 0 aromatic heterocycles. The van der Waals surface area contributed by atoms with Gasteiger partial charge in [0.25, 0.3) is 5.91 Å². The Morgan fingerprint density at radius 1 is 1.15 bits per heavy atom. The van der Waals surface area contributed by atoms with Gasteiger partial charge in [0.1, 0.15) is 11.3 Å². The highest BCUT2D eigenvalue weighted by Gasteiger charge is 2.57. The van der Waals surface area contributed by atoms with Crippen molar-refractivity contribution in [1.29, 1.82) is 0 Å². The van der Waals surface area contributed by atoms with Crippen LogP contribution >= 0.6 is 0 Å². The number of piperidine rings is 1. The maximum Gasteiger partial charge on any atom is 0.327 e. The van der Waals surface area contributed by atoms with Gasteiger partial charge in [-0.3, -0.25) is 9.69 Å². The number of urea groups is 1.